The highest BCUT2D eigenvalue weighted by Crippen LogP contribution is 2.21. The number of anilines is 1. The summed E-state index contributed by atoms with van der Waals surface area (Å²) in [7, 11) is 0. The van der Waals surface area contributed by atoms with E-state index in [1.165, 1.54) is 0 Å². The molecule has 0 radical (unpaired) electrons. The lowest BCUT2D eigenvalue weighted by Crippen LogP contribution is -2.32. The van der Waals surface area contributed by atoms with Gasteiger partial charge in [-0.15, -0.1) is 11.3 Å². The Morgan fingerprint density at radius 2 is 1.74 bits per heavy atom. The van der Waals surface area contributed by atoms with Gasteiger partial charge in [0.1, 0.15) is 0 Å². The van der Waals surface area contributed by atoms with Crippen LogP contribution in [-0.2, 0) is 11.3 Å². The van der Waals surface area contributed by atoms with E-state index in [9.17, 15) is 14.4 Å². The van der Waals surface area contributed by atoms with Gasteiger partial charge in [0, 0.05) is 6.54 Å². The van der Waals surface area contributed by atoms with Gasteiger partial charge in [-0.25, -0.2) is 4.79 Å². The second kappa shape index (κ2) is 7.95. The SMILES string of the molecule is NC(=O)CNC(=O)c1ccc(NC(=O)NCc2ccccc2)s1. The van der Waals surface area contributed by atoms with Gasteiger partial charge >= 0.3 is 6.03 Å². The fourth-order valence-electron chi connectivity index (χ4n) is 1.72. The zero-order valence-electron chi connectivity index (χ0n) is 12.2. The van der Waals surface area contributed by atoms with E-state index >= 15 is 0 Å². The molecular weight excluding hydrogens is 316 g/mol. The molecule has 0 bridgehead atoms. The summed E-state index contributed by atoms with van der Waals surface area (Å²) in [5.74, 6) is -1.03. The van der Waals surface area contributed by atoms with Gasteiger partial charge in [0.15, 0.2) is 0 Å². The molecule has 0 unspecified atom stereocenters. The van der Waals surface area contributed by atoms with Crippen molar-refractivity contribution in [2.24, 2.45) is 5.73 Å². The molecule has 4 amide bonds. The maximum Gasteiger partial charge on any atom is 0.320 e. The second-order valence-electron chi connectivity index (χ2n) is 4.61. The zero-order valence-corrected chi connectivity index (χ0v) is 13.0. The van der Waals surface area contributed by atoms with Crippen LogP contribution in [0.15, 0.2) is 42.5 Å². The Hall–Kier alpha value is -2.87. The zero-order chi connectivity index (χ0) is 16.7. The number of amides is 4. The molecule has 1 aromatic heterocycles. The quantitative estimate of drug-likeness (QED) is 0.639. The van der Waals surface area contributed by atoms with Crippen LogP contribution in [0.2, 0.25) is 0 Å². The van der Waals surface area contributed by atoms with E-state index < -0.39 is 11.8 Å². The number of hydrogen-bond donors (Lipinski definition) is 4. The molecule has 0 aliphatic carbocycles. The Balaban J connectivity index is 1.82. The van der Waals surface area contributed by atoms with Crippen LogP contribution < -0.4 is 21.7 Å². The molecule has 1 aromatic carbocycles. The van der Waals surface area contributed by atoms with E-state index in [0.29, 0.717) is 16.4 Å². The van der Waals surface area contributed by atoms with Crippen molar-refractivity contribution in [2.45, 2.75) is 6.54 Å². The first-order valence-corrected chi connectivity index (χ1v) is 7.61. The predicted molar refractivity (Wildman–Crippen MR) is 88.1 cm³/mol. The number of nitrogens with two attached hydrogens (primary N) is 1. The molecule has 5 N–H and O–H groups in total. The standard InChI is InChI=1S/C15H16N4O3S/c16-12(20)9-17-14(21)11-6-7-13(23-11)19-15(22)18-8-10-4-2-1-3-5-10/h1-7H,8-9H2,(H2,16,20)(H,17,21)(H2,18,19,22). The number of carbonyl (C=O) groups excluding carboxylic acids is 3. The van der Waals surface area contributed by atoms with Gasteiger partial charge in [-0.3, -0.25) is 14.9 Å². The Kier molecular flexibility index (Phi) is 5.70. The van der Waals surface area contributed by atoms with Crippen LogP contribution in [0.5, 0.6) is 0 Å². The van der Waals surface area contributed by atoms with Crippen molar-refractivity contribution in [2.75, 3.05) is 11.9 Å². The van der Waals surface area contributed by atoms with Crippen LogP contribution in [0.4, 0.5) is 9.80 Å². The molecule has 120 valence electrons. The minimum Gasteiger partial charge on any atom is -0.368 e. The third kappa shape index (κ3) is 5.44. The third-order valence-corrected chi connectivity index (χ3v) is 3.79. The van der Waals surface area contributed by atoms with Gasteiger partial charge in [-0.1, -0.05) is 30.3 Å². The fourth-order valence-corrected chi connectivity index (χ4v) is 2.53. The predicted octanol–water partition coefficient (Wildman–Crippen LogP) is 1.28. The molecule has 23 heavy (non-hydrogen) atoms. The van der Waals surface area contributed by atoms with Crippen LogP contribution in [0.3, 0.4) is 0 Å². The maximum absolute atomic E-state index is 11.8. The molecule has 7 nitrogen and oxygen atoms in total. The number of benzene rings is 1. The van der Waals surface area contributed by atoms with E-state index in [1.807, 2.05) is 30.3 Å². The lowest BCUT2D eigenvalue weighted by molar-refractivity contribution is -0.117. The summed E-state index contributed by atoms with van der Waals surface area (Å²) in [5, 5.41) is 8.28. The van der Waals surface area contributed by atoms with Crippen molar-refractivity contribution in [3.63, 3.8) is 0 Å². The average molecular weight is 332 g/mol. The van der Waals surface area contributed by atoms with Crippen molar-refractivity contribution < 1.29 is 14.4 Å². The highest BCUT2D eigenvalue weighted by Gasteiger charge is 2.11. The Bertz CT molecular complexity index is 700. The van der Waals surface area contributed by atoms with Crippen LogP contribution >= 0.6 is 11.3 Å². The van der Waals surface area contributed by atoms with Crippen LogP contribution in [0.25, 0.3) is 0 Å². The van der Waals surface area contributed by atoms with Gasteiger partial charge in [-0.2, -0.15) is 0 Å². The lowest BCUT2D eigenvalue weighted by Gasteiger charge is -2.05. The molecule has 1 heterocycles. The molecular formula is C15H16N4O3S. The lowest BCUT2D eigenvalue weighted by atomic mass is 10.2. The van der Waals surface area contributed by atoms with E-state index in [2.05, 4.69) is 16.0 Å². The molecule has 0 fully saturated rings. The van der Waals surface area contributed by atoms with E-state index in [1.54, 1.807) is 12.1 Å². The van der Waals surface area contributed by atoms with Gasteiger partial charge < -0.3 is 16.4 Å². The molecule has 8 heteroatoms. The number of thiophene rings is 1. The van der Waals surface area contributed by atoms with Crippen molar-refractivity contribution in [1.82, 2.24) is 10.6 Å². The maximum atomic E-state index is 11.8. The fraction of sp³-hybridized carbons (Fsp3) is 0.133. The number of nitrogens with one attached hydrogen (secondary N) is 3. The monoisotopic (exact) mass is 332 g/mol. The molecule has 0 spiro atoms. The van der Waals surface area contributed by atoms with E-state index in [-0.39, 0.29) is 12.6 Å². The summed E-state index contributed by atoms with van der Waals surface area (Å²) in [4.78, 5) is 34.5. The Labute approximate surface area is 136 Å². The van der Waals surface area contributed by atoms with Crippen molar-refractivity contribution in [3.8, 4) is 0 Å². The van der Waals surface area contributed by atoms with Gasteiger partial charge in [0.25, 0.3) is 5.91 Å². The van der Waals surface area contributed by atoms with Crippen molar-refractivity contribution in [1.29, 1.82) is 0 Å². The summed E-state index contributed by atoms with van der Waals surface area (Å²) >= 11 is 1.11. The Morgan fingerprint density at radius 1 is 1.00 bits per heavy atom. The minimum absolute atomic E-state index is 0.225. The number of hydrogen-bond acceptors (Lipinski definition) is 4. The van der Waals surface area contributed by atoms with Crippen LogP contribution in [-0.4, -0.2) is 24.4 Å². The minimum atomic E-state index is -0.617. The molecule has 0 saturated carbocycles. The number of rotatable bonds is 6. The van der Waals surface area contributed by atoms with Crippen molar-refractivity contribution >= 4 is 34.2 Å². The number of carbonyl (C=O) groups is 3. The summed E-state index contributed by atoms with van der Waals surface area (Å²) in [6.07, 6.45) is 0. The summed E-state index contributed by atoms with van der Waals surface area (Å²) in [5.41, 5.74) is 5.94. The smallest absolute Gasteiger partial charge is 0.320 e. The summed E-state index contributed by atoms with van der Waals surface area (Å²) in [6, 6.07) is 12.3. The molecule has 0 aliphatic heterocycles. The molecule has 2 aromatic rings. The topological polar surface area (TPSA) is 113 Å². The molecule has 0 aliphatic rings. The molecule has 2 rings (SSSR count). The van der Waals surface area contributed by atoms with Crippen molar-refractivity contribution in [3.05, 3.63) is 52.9 Å². The summed E-state index contributed by atoms with van der Waals surface area (Å²) in [6.45, 7) is 0.182. The van der Waals surface area contributed by atoms with E-state index in [4.69, 9.17) is 5.73 Å². The second-order valence-corrected chi connectivity index (χ2v) is 5.69. The molecule has 0 saturated heterocycles. The van der Waals surface area contributed by atoms with Gasteiger partial charge in [0.2, 0.25) is 5.91 Å². The average Bonchev–Trinajstić information content (AvgIpc) is 3.00. The van der Waals surface area contributed by atoms with Gasteiger partial charge in [0.05, 0.1) is 16.4 Å². The first-order chi connectivity index (χ1) is 11.0. The first-order valence-electron chi connectivity index (χ1n) is 6.79. The number of urea groups is 1. The Morgan fingerprint density at radius 3 is 2.43 bits per heavy atom. The van der Waals surface area contributed by atoms with Crippen LogP contribution in [0.1, 0.15) is 15.2 Å². The van der Waals surface area contributed by atoms with Gasteiger partial charge in [-0.05, 0) is 17.7 Å². The summed E-state index contributed by atoms with van der Waals surface area (Å²) < 4.78 is 0. The molecule has 0 atom stereocenters. The highest BCUT2D eigenvalue weighted by molar-refractivity contribution is 7.18. The first kappa shape index (κ1) is 16.5. The highest BCUT2D eigenvalue weighted by atomic mass is 32.1. The largest absolute Gasteiger partial charge is 0.368 e. The normalized spacial score (nSPS) is 9.91. The van der Waals surface area contributed by atoms with Crippen LogP contribution in [0, 0.1) is 0 Å². The van der Waals surface area contributed by atoms with E-state index in [0.717, 1.165) is 16.9 Å². The third-order valence-electron chi connectivity index (χ3n) is 2.79. The number of primary amides is 1.